The number of piperazine rings is 1. The lowest BCUT2D eigenvalue weighted by Gasteiger charge is -2.55. The van der Waals surface area contributed by atoms with Crippen LogP contribution in [-0.2, 0) is 14.9 Å². The SMILES string of the molecule is C=CC(=O)N1CCN(C2NC(OC[C@H]3CCCN3C)NC3C[C@@]4(CCC32)CN(C)c2ccc(F)cc24)C[C@H]1CC#N. The van der Waals surface area contributed by atoms with Crippen molar-refractivity contribution in [2.45, 2.75) is 74.6 Å². The van der Waals surface area contributed by atoms with E-state index >= 15 is 0 Å². The number of nitrogens with zero attached hydrogens (tertiary/aromatic N) is 5. The van der Waals surface area contributed by atoms with Crippen LogP contribution in [0.1, 0.15) is 44.1 Å². The smallest absolute Gasteiger partial charge is 0.246 e. The standard InChI is InChI=1S/C31H44FN7O2/c1-4-28(40)39-15-14-38(18-22(39)10-12-33)29-24-9-11-31(20-37(3)27-8-7-21(32)16-25(27)31)17-26(24)34-30(35-29)41-19-23-6-5-13-36(23)2/h4,7-8,16,22-24,26,29-30,34-35H,1,5-6,9-11,13-15,17-20H2,2-3H3/t22-,23-,24?,26?,29?,30?,31+/m1/s1. The van der Waals surface area contributed by atoms with Crippen LogP contribution >= 0.6 is 0 Å². The molecule has 4 heterocycles. The first-order valence-corrected chi connectivity index (χ1v) is 15.2. The molecular weight excluding hydrogens is 521 g/mol. The lowest BCUT2D eigenvalue weighted by molar-refractivity contribution is -0.136. The Hall–Kier alpha value is -2.55. The van der Waals surface area contributed by atoms with Crippen LogP contribution < -0.4 is 15.5 Å². The number of carbonyl (C=O) groups excluding carboxylic acids is 1. The van der Waals surface area contributed by atoms with Gasteiger partial charge in [-0.25, -0.2) is 4.39 Å². The Kier molecular flexibility index (Phi) is 8.09. The Bertz CT molecular complexity index is 1190. The maximum Gasteiger partial charge on any atom is 0.246 e. The summed E-state index contributed by atoms with van der Waals surface area (Å²) in [6.07, 6.45) is 6.63. The minimum atomic E-state index is -0.307. The van der Waals surface area contributed by atoms with E-state index in [4.69, 9.17) is 4.74 Å². The van der Waals surface area contributed by atoms with Crippen LogP contribution in [-0.4, -0.2) is 105 Å². The third kappa shape index (κ3) is 5.39. The first-order valence-electron chi connectivity index (χ1n) is 15.2. The molecule has 0 bridgehead atoms. The van der Waals surface area contributed by atoms with Crippen LogP contribution in [0.5, 0.6) is 0 Å². The van der Waals surface area contributed by atoms with Gasteiger partial charge < -0.3 is 19.4 Å². The van der Waals surface area contributed by atoms with Crippen molar-refractivity contribution in [3.8, 4) is 6.07 Å². The second-order valence-corrected chi connectivity index (χ2v) is 12.8. The minimum absolute atomic E-state index is 0.0539. The number of hydrogen-bond donors (Lipinski definition) is 2. The highest BCUT2D eigenvalue weighted by Crippen LogP contribution is 2.51. The molecule has 1 aliphatic carbocycles. The van der Waals surface area contributed by atoms with Gasteiger partial charge in [-0.15, -0.1) is 0 Å². The van der Waals surface area contributed by atoms with E-state index < -0.39 is 0 Å². The molecule has 0 radical (unpaired) electrons. The Morgan fingerprint density at radius 2 is 2.10 bits per heavy atom. The number of nitriles is 1. The van der Waals surface area contributed by atoms with Crippen LogP contribution in [0.25, 0.3) is 0 Å². The molecule has 1 aromatic carbocycles. The number of ether oxygens (including phenoxy) is 1. The molecule has 4 fully saturated rings. The van der Waals surface area contributed by atoms with Crippen LogP contribution in [0.3, 0.4) is 0 Å². The van der Waals surface area contributed by atoms with Crippen molar-refractivity contribution < 1.29 is 13.9 Å². The van der Waals surface area contributed by atoms with Gasteiger partial charge in [-0.1, -0.05) is 6.58 Å². The average Bonchev–Trinajstić information content (AvgIpc) is 3.50. The van der Waals surface area contributed by atoms with Crippen LogP contribution in [0.2, 0.25) is 0 Å². The summed E-state index contributed by atoms with van der Waals surface area (Å²) in [5, 5.41) is 17.2. The van der Waals surface area contributed by atoms with Gasteiger partial charge in [-0.05, 0) is 75.5 Å². The van der Waals surface area contributed by atoms with Crippen molar-refractivity contribution >= 4 is 11.6 Å². The summed E-state index contributed by atoms with van der Waals surface area (Å²) in [5.41, 5.74) is 2.16. The summed E-state index contributed by atoms with van der Waals surface area (Å²) >= 11 is 0. The lowest BCUT2D eigenvalue weighted by atomic mass is 9.64. The highest BCUT2D eigenvalue weighted by molar-refractivity contribution is 5.87. The fourth-order valence-corrected chi connectivity index (χ4v) is 8.37. The van der Waals surface area contributed by atoms with Gasteiger partial charge in [-0.3, -0.25) is 20.3 Å². The van der Waals surface area contributed by atoms with Gasteiger partial charge in [0.1, 0.15) is 5.82 Å². The number of likely N-dealkylation sites (N-methyl/N-ethyl adjacent to an activating group) is 2. The first kappa shape index (κ1) is 28.6. The number of nitrogens with one attached hydrogen (secondary N) is 2. The van der Waals surface area contributed by atoms with Crippen molar-refractivity contribution in [2.75, 3.05) is 58.3 Å². The highest BCUT2D eigenvalue weighted by Gasteiger charge is 2.52. The third-order valence-corrected chi connectivity index (χ3v) is 10.5. The van der Waals surface area contributed by atoms with E-state index in [1.165, 1.54) is 12.5 Å². The maximum atomic E-state index is 14.5. The average molecular weight is 566 g/mol. The molecule has 7 atom stereocenters. The van der Waals surface area contributed by atoms with E-state index in [0.29, 0.717) is 38.1 Å². The molecule has 6 rings (SSSR count). The lowest BCUT2D eigenvalue weighted by Crippen LogP contribution is -2.72. The van der Waals surface area contributed by atoms with Crippen molar-refractivity contribution in [3.05, 3.63) is 42.2 Å². The molecule has 41 heavy (non-hydrogen) atoms. The minimum Gasteiger partial charge on any atom is -0.373 e. The number of likely N-dealkylation sites (tertiary alicyclic amines) is 1. The second kappa shape index (κ2) is 11.6. The van der Waals surface area contributed by atoms with Crippen molar-refractivity contribution in [3.63, 3.8) is 0 Å². The molecule has 2 N–H and O–H groups in total. The molecular formula is C31H44FN7O2. The number of rotatable bonds is 6. The fourth-order valence-electron chi connectivity index (χ4n) is 8.37. The summed E-state index contributed by atoms with van der Waals surface area (Å²) in [5.74, 6) is 0.0369. The molecule has 1 aromatic rings. The quantitative estimate of drug-likeness (QED) is 0.508. The molecule has 222 valence electrons. The fraction of sp³-hybridized carbons (Fsp3) is 0.677. The van der Waals surface area contributed by atoms with Crippen LogP contribution in [0.4, 0.5) is 10.1 Å². The molecule has 1 amide bonds. The summed E-state index contributed by atoms with van der Waals surface area (Å²) < 4.78 is 21.0. The van der Waals surface area contributed by atoms with E-state index in [0.717, 1.165) is 56.6 Å². The van der Waals surface area contributed by atoms with E-state index in [1.807, 2.05) is 6.07 Å². The Morgan fingerprint density at radius 1 is 1.24 bits per heavy atom. The molecule has 1 saturated carbocycles. The van der Waals surface area contributed by atoms with Gasteiger partial charge in [0.05, 0.1) is 31.3 Å². The molecule has 4 aliphatic heterocycles. The van der Waals surface area contributed by atoms with Gasteiger partial charge in [-0.2, -0.15) is 5.26 Å². The topological polar surface area (TPSA) is 87.1 Å². The van der Waals surface area contributed by atoms with E-state index in [9.17, 15) is 14.4 Å². The zero-order chi connectivity index (χ0) is 28.7. The van der Waals surface area contributed by atoms with Gasteiger partial charge >= 0.3 is 0 Å². The number of fused-ring (bicyclic) bond motifs is 3. The summed E-state index contributed by atoms with van der Waals surface area (Å²) in [6.45, 7) is 8.25. The molecule has 10 heteroatoms. The summed E-state index contributed by atoms with van der Waals surface area (Å²) in [4.78, 5) is 21.4. The molecule has 1 spiro atoms. The second-order valence-electron chi connectivity index (χ2n) is 12.8. The number of anilines is 1. The normalized spacial score (nSPS) is 35.8. The van der Waals surface area contributed by atoms with Crippen molar-refractivity contribution in [1.29, 1.82) is 5.26 Å². The molecule has 5 aliphatic rings. The monoisotopic (exact) mass is 565 g/mol. The Balaban J connectivity index is 1.24. The van der Waals surface area contributed by atoms with E-state index in [1.54, 1.807) is 17.0 Å². The van der Waals surface area contributed by atoms with Crippen LogP contribution in [0.15, 0.2) is 30.9 Å². The van der Waals surface area contributed by atoms with Crippen molar-refractivity contribution in [1.82, 2.24) is 25.3 Å². The highest BCUT2D eigenvalue weighted by atomic mass is 19.1. The zero-order valence-corrected chi connectivity index (χ0v) is 24.4. The Morgan fingerprint density at radius 3 is 2.85 bits per heavy atom. The van der Waals surface area contributed by atoms with Gasteiger partial charge in [0.15, 0.2) is 6.35 Å². The third-order valence-electron chi connectivity index (χ3n) is 10.5. The number of hydrogen-bond acceptors (Lipinski definition) is 8. The zero-order valence-electron chi connectivity index (χ0n) is 24.4. The molecule has 9 nitrogen and oxygen atoms in total. The van der Waals surface area contributed by atoms with Gasteiger partial charge in [0.2, 0.25) is 5.91 Å². The predicted molar refractivity (Wildman–Crippen MR) is 155 cm³/mol. The first-order chi connectivity index (χ1) is 19.8. The molecule has 4 unspecified atom stereocenters. The summed E-state index contributed by atoms with van der Waals surface area (Å²) in [7, 11) is 4.28. The number of carbonyl (C=O) groups is 1. The van der Waals surface area contributed by atoms with Gasteiger partial charge in [0, 0.05) is 62.3 Å². The summed E-state index contributed by atoms with van der Waals surface area (Å²) in [6, 6.07) is 7.96. The van der Waals surface area contributed by atoms with E-state index in [2.05, 4.69) is 52.1 Å². The van der Waals surface area contributed by atoms with E-state index in [-0.39, 0.29) is 41.7 Å². The predicted octanol–water partition coefficient (Wildman–Crippen LogP) is 2.21. The molecule has 3 saturated heterocycles. The number of benzene rings is 1. The number of amides is 1. The van der Waals surface area contributed by atoms with Crippen molar-refractivity contribution in [2.24, 2.45) is 5.92 Å². The number of halogens is 1. The maximum absolute atomic E-state index is 14.5. The Labute approximate surface area is 243 Å². The largest absolute Gasteiger partial charge is 0.373 e. The van der Waals surface area contributed by atoms with Crippen LogP contribution in [0, 0.1) is 23.1 Å². The molecule has 0 aromatic heterocycles. The van der Waals surface area contributed by atoms with Gasteiger partial charge in [0.25, 0.3) is 0 Å².